The van der Waals surface area contributed by atoms with E-state index in [-0.39, 0.29) is 5.88 Å². The second kappa shape index (κ2) is 7.32. The quantitative estimate of drug-likeness (QED) is 0.607. The second-order valence-electron chi connectivity index (χ2n) is 7.04. The van der Waals surface area contributed by atoms with E-state index in [1.165, 1.54) is 0 Å². The van der Waals surface area contributed by atoms with Crippen LogP contribution in [-0.2, 0) is 13.1 Å². The van der Waals surface area contributed by atoms with E-state index >= 15 is 0 Å². The standard InChI is InChI=1S/C20H22Cl2N4O/c1-11-15(8-23)18(14-5-4-12(21)7-16(14)22)19-17(25-11)10-26(20(19)27)9-13-3-2-6-24-13/h4-5,7,10,13,24,27H,2-3,6,8-9,23H2,1H3/t13-/m0/s1. The average molecular weight is 405 g/mol. The summed E-state index contributed by atoms with van der Waals surface area (Å²) in [5.74, 6) is 0.196. The van der Waals surface area contributed by atoms with Gasteiger partial charge in [-0.05, 0) is 44.0 Å². The van der Waals surface area contributed by atoms with Gasteiger partial charge in [0.1, 0.15) is 0 Å². The van der Waals surface area contributed by atoms with Gasteiger partial charge in [-0.2, -0.15) is 0 Å². The zero-order valence-corrected chi connectivity index (χ0v) is 16.6. The zero-order valence-electron chi connectivity index (χ0n) is 15.1. The normalized spacial score (nSPS) is 17.1. The Kier molecular flexibility index (Phi) is 5.03. The Labute approximate surface area is 168 Å². The molecule has 1 saturated heterocycles. The number of hydrogen-bond donors (Lipinski definition) is 3. The monoisotopic (exact) mass is 404 g/mol. The van der Waals surface area contributed by atoms with E-state index in [2.05, 4.69) is 10.3 Å². The lowest BCUT2D eigenvalue weighted by Gasteiger charge is -2.15. The molecule has 0 saturated carbocycles. The summed E-state index contributed by atoms with van der Waals surface area (Å²) in [6, 6.07) is 5.72. The molecule has 7 heteroatoms. The number of nitrogens with one attached hydrogen (secondary N) is 1. The zero-order chi connectivity index (χ0) is 19.1. The van der Waals surface area contributed by atoms with E-state index in [0.717, 1.165) is 47.3 Å². The number of aromatic hydroxyl groups is 1. The summed E-state index contributed by atoms with van der Waals surface area (Å²) in [5.41, 5.74) is 10.1. The van der Waals surface area contributed by atoms with Crippen molar-refractivity contribution in [3.63, 3.8) is 0 Å². The first-order valence-corrected chi connectivity index (χ1v) is 9.85. The van der Waals surface area contributed by atoms with Crippen LogP contribution in [-0.4, -0.2) is 27.2 Å². The number of aryl methyl sites for hydroxylation is 1. The molecule has 1 aliphatic heterocycles. The molecule has 0 amide bonds. The topological polar surface area (TPSA) is 76.1 Å². The van der Waals surface area contributed by atoms with Crippen LogP contribution in [0.15, 0.2) is 24.4 Å². The molecule has 0 bridgehead atoms. The smallest absolute Gasteiger partial charge is 0.201 e. The van der Waals surface area contributed by atoms with Crippen LogP contribution in [0.25, 0.3) is 22.0 Å². The number of hydrogen-bond acceptors (Lipinski definition) is 4. The van der Waals surface area contributed by atoms with E-state index in [9.17, 15) is 5.11 Å². The van der Waals surface area contributed by atoms with Crippen LogP contribution in [0.5, 0.6) is 5.88 Å². The second-order valence-corrected chi connectivity index (χ2v) is 7.88. The molecular weight excluding hydrogens is 383 g/mol. The van der Waals surface area contributed by atoms with Crippen molar-refractivity contribution >= 4 is 34.1 Å². The summed E-state index contributed by atoms with van der Waals surface area (Å²) in [6.07, 6.45) is 4.17. The molecule has 1 aliphatic rings. The van der Waals surface area contributed by atoms with Crippen LogP contribution < -0.4 is 11.1 Å². The SMILES string of the molecule is Cc1nc2cn(C[C@@H]3CCCN3)c(O)c2c(-c2ccc(Cl)cc2Cl)c1CN. The lowest BCUT2D eigenvalue weighted by atomic mass is 9.95. The highest BCUT2D eigenvalue weighted by Gasteiger charge is 2.23. The fourth-order valence-electron chi connectivity index (χ4n) is 3.96. The Balaban J connectivity index is 1.95. The van der Waals surface area contributed by atoms with Gasteiger partial charge in [0.05, 0.1) is 10.9 Å². The molecule has 5 nitrogen and oxygen atoms in total. The molecule has 1 atom stereocenters. The van der Waals surface area contributed by atoms with Crippen LogP contribution in [0.3, 0.4) is 0 Å². The van der Waals surface area contributed by atoms with Crippen molar-refractivity contribution < 1.29 is 5.11 Å². The Morgan fingerprint density at radius 1 is 1.37 bits per heavy atom. The fraction of sp³-hybridized carbons (Fsp3) is 0.350. The van der Waals surface area contributed by atoms with Crippen molar-refractivity contribution in [1.82, 2.24) is 14.9 Å². The minimum atomic E-state index is 0.196. The highest BCUT2D eigenvalue weighted by atomic mass is 35.5. The van der Waals surface area contributed by atoms with Crippen LogP contribution in [0.4, 0.5) is 0 Å². The molecule has 1 fully saturated rings. The number of fused-ring (bicyclic) bond motifs is 1. The van der Waals surface area contributed by atoms with Gasteiger partial charge in [-0.15, -0.1) is 0 Å². The first-order chi connectivity index (χ1) is 13.0. The number of halogens is 2. The van der Waals surface area contributed by atoms with Gasteiger partial charge in [0.15, 0.2) is 0 Å². The number of benzene rings is 1. The van der Waals surface area contributed by atoms with Gasteiger partial charge >= 0.3 is 0 Å². The van der Waals surface area contributed by atoms with Crippen LogP contribution >= 0.6 is 23.2 Å². The van der Waals surface area contributed by atoms with Crippen LogP contribution in [0.1, 0.15) is 24.1 Å². The third-order valence-corrected chi connectivity index (χ3v) is 5.84. The van der Waals surface area contributed by atoms with E-state index in [1.54, 1.807) is 12.1 Å². The van der Waals surface area contributed by atoms with Crippen molar-refractivity contribution in [1.29, 1.82) is 0 Å². The molecule has 0 spiro atoms. The molecular formula is C20H22Cl2N4O. The van der Waals surface area contributed by atoms with Gasteiger partial charge in [0.2, 0.25) is 5.88 Å². The average Bonchev–Trinajstić information content (AvgIpc) is 3.23. The molecule has 2 aromatic heterocycles. The van der Waals surface area contributed by atoms with Gasteiger partial charge in [-0.1, -0.05) is 29.3 Å². The van der Waals surface area contributed by atoms with Gasteiger partial charge in [0, 0.05) is 52.2 Å². The van der Waals surface area contributed by atoms with Crippen molar-refractivity contribution in [2.24, 2.45) is 5.73 Å². The van der Waals surface area contributed by atoms with Gasteiger partial charge in [-0.25, -0.2) is 0 Å². The van der Waals surface area contributed by atoms with Gasteiger partial charge < -0.3 is 20.7 Å². The number of nitrogens with zero attached hydrogens (tertiary/aromatic N) is 2. The molecule has 4 N–H and O–H groups in total. The van der Waals surface area contributed by atoms with E-state index in [0.29, 0.717) is 34.6 Å². The van der Waals surface area contributed by atoms with E-state index in [1.807, 2.05) is 23.8 Å². The molecule has 142 valence electrons. The molecule has 0 radical (unpaired) electrons. The van der Waals surface area contributed by atoms with Crippen molar-refractivity contribution in [2.75, 3.05) is 6.54 Å². The maximum atomic E-state index is 11.0. The lowest BCUT2D eigenvalue weighted by Crippen LogP contribution is -2.26. The Hall–Kier alpha value is -1.79. The lowest BCUT2D eigenvalue weighted by molar-refractivity contribution is 0.399. The minimum absolute atomic E-state index is 0.196. The highest BCUT2D eigenvalue weighted by Crippen LogP contribution is 2.42. The molecule has 3 aromatic rings. The predicted molar refractivity (Wildman–Crippen MR) is 111 cm³/mol. The Morgan fingerprint density at radius 2 is 2.19 bits per heavy atom. The number of rotatable bonds is 4. The summed E-state index contributed by atoms with van der Waals surface area (Å²) in [4.78, 5) is 4.69. The number of nitrogens with two attached hydrogens (primary N) is 1. The summed E-state index contributed by atoms with van der Waals surface area (Å²) in [5, 5.41) is 16.3. The van der Waals surface area contributed by atoms with Gasteiger partial charge in [-0.3, -0.25) is 4.98 Å². The summed E-state index contributed by atoms with van der Waals surface area (Å²) in [6.45, 7) is 3.96. The molecule has 4 rings (SSSR count). The minimum Gasteiger partial charge on any atom is -0.494 e. The number of pyridine rings is 1. The maximum absolute atomic E-state index is 11.0. The first-order valence-electron chi connectivity index (χ1n) is 9.09. The Bertz CT molecular complexity index is 1010. The van der Waals surface area contributed by atoms with Crippen molar-refractivity contribution in [2.45, 2.75) is 38.9 Å². The van der Waals surface area contributed by atoms with Gasteiger partial charge in [0.25, 0.3) is 0 Å². The third-order valence-electron chi connectivity index (χ3n) is 5.29. The summed E-state index contributed by atoms with van der Waals surface area (Å²) >= 11 is 12.6. The fourth-order valence-corrected chi connectivity index (χ4v) is 4.47. The summed E-state index contributed by atoms with van der Waals surface area (Å²) < 4.78 is 1.87. The summed E-state index contributed by atoms with van der Waals surface area (Å²) in [7, 11) is 0. The van der Waals surface area contributed by atoms with Crippen molar-refractivity contribution in [3.05, 3.63) is 45.7 Å². The third kappa shape index (κ3) is 3.29. The molecule has 1 aromatic carbocycles. The maximum Gasteiger partial charge on any atom is 0.201 e. The van der Waals surface area contributed by atoms with E-state index in [4.69, 9.17) is 28.9 Å². The first kappa shape index (κ1) is 18.6. The van der Waals surface area contributed by atoms with Crippen molar-refractivity contribution in [3.8, 4) is 17.0 Å². The molecule has 3 heterocycles. The predicted octanol–water partition coefficient (Wildman–Crippen LogP) is 4.23. The largest absolute Gasteiger partial charge is 0.494 e. The molecule has 0 aliphatic carbocycles. The molecule has 27 heavy (non-hydrogen) atoms. The van der Waals surface area contributed by atoms with Crippen LogP contribution in [0, 0.1) is 6.92 Å². The Morgan fingerprint density at radius 3 is 2.85 bits per heavy atom. The number of aromatic nitrogens is 2. The highest BCUT2D eigenvalue weighted by molar-refractivity contribution is 6.36. The van der Waals surface area contributed by atoms with Crippen LogP contribution in [0.2, 0.25) is 10.0 Å². The molecule has 0 unspecified atom stereocenters. The van der Waals surface area contributed by atoms with E-state index < -0.39 is 0 Å².